The molecule has 0 saturated carbocycles. The lowest BCUT2D eigenvalue weighted by Gasteiger charge is -2.17. The van der Waals surface area contributed by atoms with Crippen LogP contribution in [0, 0.1) is 0 Å². The van der Waals surface area contributed by atoms with E-state index in [1.807, 2.05) is 38.1 Å². The normalized spacial score (nSPS) is 11.3. The molecule has 0 aromatic heterocycles. The molecule has 0 aliphatic heterocycles. The SMILES string of the molecule is CCCc1ccc(NC(=O)CC(C)(C)N)cc1. The van der Waals surface area contributed by atoms with E-state index in [2.05, 4.69) is 12.2 Å². The average Bonchev–Trinajstić information content (AvgIpc) is 2.18. The Kier molecular flexibility index (Phi) is 4.70. The fourth-order valence-electron chi connectivity index (χ4n) is 1.66. The summed E-state index contributed by atoms with van der Waals surface area (Å²) in [6.07, 6.45) is 2.53. The third-order valence-electron chi connectivity index (χ3n) is 2.39. The number of benzene rings is 1. The molecule has 0 aliphatic carbocycles. The van der Waals surface area contributed by atoms with Crippen LogP contribution in [0.3, 0.4) is 0 Å². The van der Waals surface area contributed by atoms with Gasteiger partial charge in [0.2, 0.25) is 5.91 Å². The molecular formula is C14H22N2O. The van der Waals surface area contributed by atoms with Crippen molar-refractivity contribution in [2.75, 3.05) is 5.32 Å². The summed E-state index contributed by atoms with van der Waals surface area (Å²) in [5.41, 5.74) is 7.46. The highest BCUT2D eigenvalue weighted by molar-refractivity contribution is 5.91. The van der Waals surface area contributed by atoms with Crippen molar-refractivity contribution in [3.8, 4) is 0 Å². The Labute approximate surface area is 103 Å². The van der Waals surface area contributed by atoms with Gasteiger partial charge in [0.15, 0.2) is 0 Å². The Morgan fingerprint density at radius 3 is 2.35 bits per heavy atom. The summed E-state index contributed by atoms with van der Waals surface area (Å²) in [7, 11) is 0. The molecule has 17 heavy (non-hydrogen) atoms. The van der Waals surface area contributed by atoms with Crippen LogP contribution < -0.4 is 11.1 Å². The molecule has 0 saturated heterocycles. The van der Waals surface area contributed by atoms with E-state index < -0.39 is 5.54 Å². The average molecular weight is 234 g/mol. The number of hydrogen-bond acceptors (Lipinski definition) is 2. The number of anilines is 1. The van der Waals surface area contributed by atoms with Gasteiger partial charge in [-0.05, 0) is 38.0 Å². The summed E-state index contributed by atoms with van der Waals surface area (Å²) in [5.74, 6) is -0.0410. The van der Waals surface area contributed by atoms with Crippen LogP contribution in [0.4, 0.5) is 5.69 Å². The van der Waals surface area contributed by atoms with E-state index in [0.29, 0.717) is 6.42 Å². The van der Waals surface area contributed by atoms with E-state index in [0.717, 1.165) is 18.5 Å². The number of aryl methyl sites for hydroxylation is 1. The zero-order valence-electron chi connectivity index (χ0n) is 10.9. The summed E-state index contributed by atoms with van der Waals surface area (Å²) in [6.45, 7) is 5.84. The molecule has 0 aliphatic rings. The topological polar surface area (TPSA) is 55.1 Å². The number of rotatable bonds is 5. The highest BCUT2D eigenvalue weighted by Crippen LogP contribution is 2.12. The quantitative estimate of drug-likeness (QED) is 0.823. The smallest absolute Gasteiger partial charge is 0.226 e. The van der Waals surface area contributed by atoms with Gasteiger partial charge in [-0.3, -0.25) is 4.79 Å². The summed E-state index contributed by atoms with van der Waals surface area (Å²) < 4.78 is 0. The molecule has 1 aromatic carbocycles. The van der Waals surface area contributed by atoms with Gasteiger partial charge in [0.1, 0.15) is 0 Å². The molecule has 0 atom stereocenters. The minimum Gasteiger partial charge on any atom is -0.326 e. The molecule has 3 N–H and O–H groups in total. The van der Waals surface area contributed by atoms with Crippen LogP contribution in [0.5, 0.6) is 0 Å². The second kappa shape index (κ2) is 5.82. The molecule has 0 fully saturated rings. The van der Waals surface area contributed by atoms with Gasteiger partial charge in [-0.2, -0.15) is 0 Å². The monoisotopic (exact) mass is 234 g/mol. The van der Waals surface area contributed by atoms with Crippen LogP contribution >= 0.6 is 0 Å². The van der Waals surface area contributed by atoms with Gasteiger partial charge in [0, 0.05) is 17.6 Å². The maximum absolute atomic E-state index is 11.6. The summed E-state index contributed by atoms with van der Waals surface area (Å²) >= 11 is 0. The molecule has 0 unspecified atom stereocenters. The molecule has 1 amide bonds. The maximum atomic E-state index is 11.6. The third kappa shape index (κ3) is 5.50. The van der Waals surface area contributed by atoms with Gasteiger partial charge in [0.05, 0.1) is 0 Å². The third-order valence-corrected chi connectivity index (χ3v) is 2.39. The molecule has 3 heteroatoms. The molecule has 0 bridgehead atoms. The van der Waals surface area contributed by atoms with E-state index in [4.69, 9.17) is 5.73 Å². The Hall–Kier alpha value is -1.35. The fourth-order valence-corrected chi connectivity index (χ4v) is 1.66. The molecular weight excluding hydrogens is 212 g/mol. The first kappa shape index (κ1) is 13.7. The number of nitrogens with two attached hydrogens (primary N) is 1. The zero-order valence-corrected chi connectivity index (χ0v) is 10.9. The van der Waals surface area contributed by atoms with Gasteiger partial charge >= 0.3 is 0 Å². The van der Waals surface area contributed by atoms with Gasteiger partial charge < -0.3 is 11.1 Å². The van der Waals surface area contributed by atoms with Crippen LogP contribution in [0.2, 0.25) is 0 Å². The lowest BCUT2D eigenvalue weighted by atomic mass is 10.0. The lowest BCUT2D eigenvalue weighted by Crippen LogP contribution is -2.36. The molecule has 0 spiro atoms. The van der Waals surface area contributed by atoms with E-state index in [1.54, 1.807) is 0 Å². The van der Waals surface area contributed by atoms with Crippen molar-refractivity contribution in [2.24, 2.45) is 5.73 Å². The second-order valence-electron chi connectivity index (χ2n) is 5.16. The number of nitrogens with one attached hydrogen (secondary N) is 1. The van der Waals surface area contributed by atoms with Crippen molar-refractivity contribution in [3.05, 3.63) is 29.8 Å². The van der Waals surface area contributed by atoms with Gasteiger partial charge in [0.25, 0.3) is 0 Å². The predicted octanol–water partition coefficient (Wildman–Crippen LogP) is 2.71. The first-order valence-electron chi connectivity index (χ1n) is 6.08. The molecule has 3 nitrogen and oxygen atoms in total. The van der Waals surface area contributed by atoms with Crippen LogP contribution in [0.25, 0.3) is 0 Å². The minimum absolute atomic E-state index is 0.0410. The van der Waals surface area contributed by atoms with Crippen molar-refractivity contribution < 1.29 is 4.79 Å². The maximum Gasteiger partial charge on any atom is 0.226 e. The number of carbonyl (C=O) groups is 1. The van der Waals surface area contributed by atoms with Gasteiger partial charge in [-0.25, -0.2) is 0 Å². The lowest BCUT2D eigenvalue weighted by molar-refractivity contribution is -0.117. The molecule has 0 heterocycles. The first-order valence-corrected chi connectivity index (χ1v) is 6.08. The second-order valence-corrected chi connectivity index (χ2v) is 5.16. The van der Waals surface area contributed by atoms with Crippen LogP contribution in [0.15, 0.2) is 24.3 Å². The highest BCUT2D eigenvalue weighted by atomic mass is 16.1. The molecule has 1 aromatic rings. The molecule has 94 valence electrons. The van der Waals surface area contributed by atoms with Crippen LogP contribution in [-0.2, 0) is 11.2 Å². The predicted molar refractivity (Wildman–Crippen MR) is 72.0 cm³/mol. The minimum atomic E-state index is -0.466. The first-order chi connectivity index (χ1) is 7.90. The van der Waals surface area contributed by atoms with E-state index in [9.17, 15) is 4.79 Å². The summed E-state index contributed by atoms with van der Waals surface area (Å²) in [5, 5.41) is 2.85. The van der Waals surface area contributed by atoms with Crippen molar-refractivity contribution in [2.45, 2.75) is 45.6 Å². The largest absolute Gasteiger partial charge is 0.326 e. The van der Waals surface area contributed by atoms with Crippen molar-refractivity contribution in [1.29, 1.82) is 0 Å². The fraction of sp³-hybridized carbons (Fsp3) is 0.500. The Bertz CT molecular complexity index is 363. The highest BCUT2D eigenvalue weighted by Gasteiger charge is 2.16. The van der Waals surface area contributed by atoms with Crippen molar-refractivity contribution in [3.63, 3.8) is 0 Å². The molecule has 1 rings (SSSR count). The van der Waals surface area contributed by atoms with E-state index >= 15 is 0 Å². The van der Waals surface area contributed by atoms with E-state index in [-0.39, 0.29) is 5.91 Å². The Balaban J connectivity index is 2.54. The van der Waals surface area contributed by atoms with Crippen molar-refractivity contribution >= 4 is 11.6 Å². The Morgan fingerprint density at radius 2 is 1.88 bits per heavy atom. The van der Waals surface area contributed by atoms with Gasteiger partial charge in [-0.15, -0.1) is 0 Å². The number of carbonyl (C=O) groups excluding carboxylic acids is 1. The van der Waals surface area contributed by atoms with Gasteiger partial charge in [-0.1, -0.05) is 25.5 Å². The standard InChI is InChI=1S/C14H22N2O/c1-4-5-11-6-8-12(9-7-11)16-13(17)10-14(2,3)15/h6-9H,4-5,10,15H2,1-3H3,(H,16,17). The van der Waals surface area contributed by atoms with Crippen molar-refractivity contribution in [1.82, 2.24) is 0 Å². The van der Waals surface area contributed by atoms with Crippen LogP contribution in [-0.4, -0.2) is 11.4 Å². The Morgan fingerprint density at radius 1 is 1.29 bits per heavy atom. The number of hydrogen-bond donors (Lipinski definition) is 2. The van der Waals surface area contributed by atoms with Crippen LogP contribution in [0.1, 0.15) is 39.2 Å². The summed E-state index contributed by atoms with van der Waals surface area (Å²) in [6, 6.07) is 7.97. The zero-order chi connectivity index (χ0) is 12.9. The summed E-state index contributed by atoms with van der Waals surface area (Å²) in [4.78, 5) is 11.6. The van der Waals surface area contributed by atoms with E-state index in [1.165, 1.54) is 5.56 Å². The molecule has 0 radical (unpaired) electrons. The number of amides is 1.